The van der Waals surface area contributed by atoms with Crippen molar-refractivity contribution in [3.8, 4) is 5.69 Å². The molecule has 9 heteroatoms. The number of benzene rings is 2. The number of nitrogens with one attached hydrogen (secondary N) is 1. The van der Waals surface area contributed by atoms with Gasteiger partial charge in [0.25, 0.3) is 5.56 Å². The summed E-state index contributed by atoms with van der Waals surface area (Å²) in [4.78, 5) is 44.3. The Morgan fingerprint density at radius 2 is 1.82 bits per heavy atom. The summed E-state index contributed by atoms with van der Waals surface area (Å²) in [6, 6.07) is 15.1. The van der Waals surface area contributed by atoms with Crippen LogP contribution in [-0.2, 0) is 9.59 Å². The molecule has 0 spiro atoms. The molecule has 166 valence electrons. The van der Waals surface area contributed by atoms with Gasteiger partial charge in [-0.2, -0.15) is 5.10 Å². The second-order valence-electron chi connectivity index (χ2n) is 8.20. The molecule has 0 radical (unpaired) electrons. The number of hydrogen-bond donors (Lipinski definition) is 1. The van der Waals surface area contributed by atoms with Gasteiger partial charge < -0.3 is 4.90 Å². The molecular formula is C24H22N6O3. The molecule has 0 aliphatic carbocycles. The highest BCUT2D eigenvalue weighted by Crippen LogP contribution is 2.27. The summed E-state index contributed by atoms with van der Waals surface area (Å²) < 4.78 is 2.62. The van der Waals surface area contributed by atoms with Crippen molar-refractivity contribution in [2.75, 3.05) is 16.9 Å². The Kier molecular flexibility index (Phi) is 5.01. The molecular weight excluding hydrogens is 420 g/mol. The van der Waals surface area contributed by atoms with Gasteiger partial charge in [0, 0.05) is 18.7 Å². The van der Waals surface area contributed by atoms with Crippen LogP contribution in [0.4, 0.5) is 5.69 Å². The molecule has 2 aromatic heterocycles. The van der Waals surface area contributed by atoms with Gasteiger partial charge in [-0.3, -0.25) is 19.8 Å². The number of aromatic nitrogens is 4. The molecule has 1 aliphatic heterocycles. The van der Waals surface area contributed by atoms with Crippen molar-refractivity contribution >= 4 is 28.5 Å². The molecule has 33 heavy (non-hydrogen) atoms. The lowest BCUT2D eigenvalue weighted by atomic mass is 10.1. The minimum Gasteiger partial charge on any atom is -0.312 e. The fourth-order valence-corrected chi connectivity index (χ4v) is 3.99. The second-order valence-corrected chi connectivity index (χ2v) is 8.20. The molecule has 3 heterocycles. The monoisotopic (exact) mass is 442 g/mol. The number of carbonyl (C=O) groups excluding carboxylic acids is 2. The van der Waals surface area contributed by atoms with E-state index in [2.05, 4.69) is 15.5 Å². The molecule has 2 amide bonds. The molecule has 1 atom stereocenters. The largest absolute Gasteiger partial charge is 0.312 e. The number of hydrogen-bond acceptors (Lipinski definition) is 5. The van der Waals surface area contributed by atoms with Crippen LogP contribution < -0.4 is 15.9 Å². The fraction of sp³-hybridized carbons (Fsp3) is 0.208. The van der Waals surface area contributed by atoms with E-state index in [-0.39, 0.29) is 24.3 Å². The Bertz CT molecular complexity index is 1440. The van der Waals surface area contributed by atoms with Gasteiger partial charge >= 0.3 is 0 Å². The third kappa shape index (κ3) is 3.67. The lowest BCUT2D eigenvalue weighted by Gasteiger charge is -2.18. The van der Waals surface area contributed by atoms with Crippen molar-refractivity contribution in [2.24, 2.45) is 5.92 Å². The number of aryl methyl sites for hydroxylation is 2. The van der Waals surface area contributed by atoms with Crippen LogP contribution in [0.15, 0.2) is 65.8 Å². The van der Waals surface area contributed by atoms with Crippen LogP contribution in [0, 0.1) is 19.8 Å². The van der Waals surface area contributed by atoms with E-state index in [0.29, 0.717) is 5.65 Å². The van der Waals surface area contributed by atoms with Gasteiger partial charge in [0.05, 0.1) is 17.8 Å². The highest BCUT2D eigenvalue weighted by atomic mass is 16.2. The average molecular weight is 442 g/mol. The average Bonchev–Trinajstić information content (AvgIpc) is 3.42. The zero-order valence-electron chi connectivity index (χ0n) is 18.2. The number of nitrogens with zero attached hydrogens (tertiary/aromatic N) is 5. The second kappa shape index (κ2) is 8.01. The summed E-state index contributed by atoms with van der Waals surface area (Å²) in [7, 11) is 0. The van der Waals surface area contributed by atoms with Crippen molar-refractivity contribution < 1.29 is 9.59 Å². The summed E-state index contributed by atoms with van der Waals surface area (Å²) in [5.41, 5.74) is 6.31. The maximum atomic E-state index is 12.9. The van der Waals surface area contributed by atoms with Crippen molar-refractivity contribution in [1.82, 2.24) is 19.4 Å². The summed E-state index contributed by atoms with van der Waals surface area (Å²) in [5, 5.41) is 4.55. The third-order valence-electron chi connectivity index (χ3n) is 6.02. The number of anilines is 1. The van der Waals surface area contributed by atoms with Gasteiger partial charge in [-0.05, 0) is 49.2 Å². The van der Waals surface area contributed by atoms with E-state index in [1.165, 1.54) is 12.5 Å². The summed E-state index contributed by atoms with van der Waals surface area (Å²) in [5.74, 6) is -1.11. The Balaban J connectivity index is 1.36. The third-order valence-corrected chi connectivity index (χ3v) is 6.02. The number of rotatable bonds is 4. The molecule has 1 N–H and O–H groups in total. The van der Waals surface area contributed by atoms with E-state index in [1.807, 2.05) is 62.4 Å². The Labute approximate surface area is 189 Å². The Morgan fingerprint density at radius 1 is 1.03 bits per heavy atom. The van der Waals surface area contributed by atoms with E-state index in [9.17, 15) is 14.4 Å². The first kappa shape index (κ1) is 20.6. The lowest BCUT2D eigenvalue weighted by Crippen LogP contribution is -2.37. The van der Waals surface area contributed by atoms with Gasteiger partial charge in [-0.1, -0.05) is 24.3 Å². The van der Waals surface area contributed by atoms with Crippen molar-refractivity contribution in [3.63, 3.8) is 0 Å². The van der Waals surface area contributed by atoms with E-state index in [0.717, 1.165) is 27.2 Å². The van der Waals surface area contributed by atoms with Crippen molar-refractivity contribution in [3.05, 3.63) is 82.5 Å². The minimum absolute atomic E-state index is 0.0785. The first-order valence-corrected chi connectivity index (χ1v) is 10.6. The molecule has 1 fully saturated rings. The van der Waals surface area contributed by atoms with Crippen molar-refractivity contribution in [1.29, 1.82) is 0 Å². The van der Waals surface area contributed by atoms with E-state index in [4.69, 9.17) is 0 Å². The normalized spacial score (nSPS) is 15.9. The topological polar surface area (TPSA) is 102 Å². The SMILES string of the molecule is Cc1ccc(N2CC(C(=O)Nn3cnc4c(cnn4-c4ccccc4)c3=O)CC2=O)cc1C. The molecule has 0 saturated carbocycles. The molecule has 9 nitrogen and oxygen atoms in total. The van der Waals surface area contributed by atoms with Gasteiger partial charge in [0.2, 0.25) is 11.8 Å². The maximum Gasteiger partial charge on any atom is 0.283 e. The zero-order chi connectivity index (χ0) is 23.1. The van der Waals surface area contributed by atoms with Crippen LogP contribution >= 0.6 is 0 Å². The summed E-state index contributed by atoms with van der Waals surface area (Å²) in [6.45, 7) is 4.25. The number of amides is 2. The van der Waals surface area contributed by atoms with Crippen LogP contribution in [0.1, 0.15) is 17.5 Å². The first-order valence-electron chi connectivity index (χ1n) is 10.6. The van der Waals surface area contributed by atoms with Gasteiger partial charge in [0.1, 0.15) is 11.7 Å². The minimum atomic E-state index is -0.575. The molecule has 4 aromatic rings. The highest BCUT2D eigenvalue weighted by molar-refractivity contribution is 6.02. The number of para-hydroxylation sites is 1. The van der Waals surface area contributed by atoms with Crippen LogP contribution in [0.25, 0.3) is 16.7 Å². The standard InChI is InChI=1S/C24H22N6O3/c1-15-8-9-19(10-16(15)2)28-13-17(11-21(28)31)23(32)27-29-14-25-22-20(24(29)33)12-26-30(22)18-6-4-3-5-7-18/h3-10,12,14,17H,11,13H2,1-2H3,(H,27,32). The van der Waals surface area contributed by atoms with Gasteiger partial charge in [-0.25, -0.2) is 14.3 Å². The molecule has 1 unspecified atom stereocenters. The number of fused-ring (bicyclic) bond motifs is 1. The molecule has 0 bridgehead atoms. The predicted molar refractivity (Wildman–Crippen MR) is 124 cm³/mol. The molecule has 1 aliphatic rings. The molecule has 2 aromatic carbocycles. The fourth-order valence-electron chi connectivity index (χ4n) is 3.99. The van der Waals surface area contributed by atoms with Crippen molar-refractivity contribution in [2.45, 2.75) is 20.3 Å². The Hall–Kier alpha value is -4.27. The van der Waals surface area contributed by atoms with E-state index < -0.39 is 17.4 Å². The van der Waals surface area contributed by atoms with Gasteiger partial charge in [-0.15, -0.1) is 0 Å². The molecule has 5 rings (SSSR count). The molecule has 1 saturated heterocycles. The van der Waals surface area contributed by atoms with E-state index >= 15 is 0 Å². The van der Waals surface area contributed by atoms with Crippen LogP contribution in [-0.4, -0.2) is 37.8 Å². The van der Waals surface area contributed by atoms with Crippen LogP contribution in [0.5, 0.6) is 0 Å². The van der Waals surface area contributed by atoms with Crippen LogP contribution in [0.2, 0.25) is 0 Å². The predicted octanol–water partition coefficient (Wildman–Crippen LogP) is 2.32. The van der Waals surface area contributed by atoms with Crippen LogP contribution in [0.3, 0.4) is 0 Å². The van der Waals surface area contributed by atoms with Gasteiger partial charge in [0.15, 0.2) is 5.65 Å². The summed E-state index contributed by atoms with van der Waals surface area (Å²) in [6.07, 6.45) is 2.78. The first-order chi connectivity index (χ1) is 15.9. The zero-order valence-corrected chi connectivity index (χ0v) is 18.2. The maximum absolute atomic E-state index is 12.9. The smallest absolute Gasteiger partial charge is 0.283 e. The van der Waals surface area contributed by atoms with E-state index in [1.54, 1.807) is 9.58 Å². The highest BCUT2D eigenvalue weighted by Gasteiger charge is 2.35. The summed E-state index contributed by atoms with van der Waals surface area (Å²) >= 11 is 0. The Morgan fingerprint density at radius 3 is 2.58 bits per heavy atom. The number of carbonyl (C=O) groups is 2. The lowest BCUT2D eigenvalue weighted by molar-refractivity contribution is -0.123. The quantitative estimate of drug-likeness (QED) is 0.523.